The summed E-state index contributed by atoms with van der Waals surface area (Å²) in [6.07, 6.45) is 2.36. The van der Waals surface area contributed by atoms with Crippen LogP contribution in [-0.2, 0) is 5.41 Å². The predicted octanol–water partition coefficient (Wildman–Crippen LogP) is 4.62. The van der Waals surface area contributed by atoms with Gasteiger partial charge in [-0.05, 0) is 34.3 Å². The Labute approximate surface area is 120 Å². The second-order valence-electron chi connectivity index (χ2n) is 5.01. The third-order valence-electron chi connectivity index (χ3n) is 3.50. The van der Waals surface area contributed by atoms with E-state index in [9.17, 15) is 0 Å². The van der Waals surface area contributed by atoms with Gasteiger partial charge in [0.1, 0.15) is 10.5 Å². The van der Waals surface area contributed by atoms with Crippen LogP contribution in [0.4, 0.5) is 0 Å². The molecule has 0 bridgehead atoms. The highest BCUT2D eigenvalue weighted by molar-refractivity contribution is 9.10. The molecule has 1 fully saturated rings. The molecule has 1 N–H and O–H groups in total. The lowest BCUT2D eigenvalue weighted by molar-refractivity contribution is 0.706. The fourth-order valence-electron chi connectivity index (χ4n) is 1.97. The summed E-state index contributed by atoms with van der Waals surface area (Å²) in [5.41, 5.74) is 2.35. The Hall–Kier alpha value is -1.00. The SMILES string of the molecule is CC1(c2nc(=S)c(Br)c(-c3ccccc3)[nH]2)CC1. The number of aromatic amines is 1. The fourth-order valence-corrected chi connectivity index (χ4v) is 2.58. The number of nitrogens with one attached hydrogen (secondary N) is 1. The minimum atomic E-state index is 0.192. The summed E-state index contributed by atoms with van der Waals surface area (Å²) in [4.78, 5) is 7.95. The molecule has 2 nitrogen and oxygen atoms in total. The maximum absolute atomic E-state index is 5.35. The average molecular weight is 321 g/mol. The Kier molecular flexibility index (Phi) is 2.87. The van der Waals surface area contributed by atoms with E-state index in [1.807, 2.05) is 18.2 Å². The van der Waals surface area contributed by atoms with Crippen LogP contribution in [0.15, 0.2) is 34.8 Å². The molecule has 18 heavy (non-hydrogen) atoms. The van der Waals surface area contributed by atoms with Gasteiger partial charge in [-0.15, -0.1) is 0 Å². The van der Waals surface area contributed by atoms with Crippen LogP contribution in [0.25, 0.3) is 11.3 Å². The molecule has 0 aliphatic heterocycles. The van der Waals surface area contributed by atoms with E-state index in [1.165, 1.54) is 12.8 Å². The summed E-state index contributed by atoms with van der Waals surface area (Å²) < 4.78 is 1.51. The Bertz CT molecular complexity index is 645. The van der Waals surface area contributed by atoms with Crippen molar-refractivity contribution in [3.63, 3.8) is 0 Å². The quantitative estimate of drug-likeness (QED) is 0.818. The lowest BCUT2D eigenvalue weighted by Gasteiger charge is -2.12. The molecule has 1 aliphatic rings. The van der Waals surface area contributed by atoms with Gasteiger partial charge in [0, 0.05) is 5.41 Å². The lowest BCUT2D eigenvalue weighted by Crippen LogP contribution is -2.08. The number of H-pyrrole nitrogens is 1. The summed E-state index contributed by atoms with van der Waals surface area (Å²) >= 11 is 8.89. The topological polar surface area (TPSA) is 28.7 Å². The molecule has 0 unspecified atom stereocenters. The monoisotopic (exact) mass is 320 g/mol. The first-order valence-electron chi connectivity index (χ1n) is 5.96. The maximum atomic E-state index is 5.35. The van der Waals surface area contributed by atoms with Crippen molar-refractivity contribution in [3.8, 4) is 11.3 Å². The summed E-state index contributed by atoms with van der Waals surface area (Å²) in [6, 6.07) is 10.2. The summed E-state index contributed by atoms with van der Waals surface area (Å²) in [7, 11) is 0. The van der Waals surface area contributed by atoms with E-state index >= 15 is 0 Å². The maximum Gasteiger partial charge on any atom is 0.144 e. The molecular weight excluding hydrogens is 308 g/mol. The molecule has 92 valence electrons. The zero-order chi connectivity index (χ0) is 12.8. The van der Waals surface area contributed by atoms with Gasteiger partial charge >= 0.3 is 0 Å². The summed E-state index contributed by atoms with van der Waals surface area (Å²) in [6.45, 7) is 2.23. The average Bonchev–Trinajstić information content (AvgIpc) is 3.13. The second kappa shape index (κ2) is 4.28. The van der Waals surface area contributed by atoms with Gasteiger partial charge in [-0.25, -0.2) is 4.98 Å². The van der Waals surface area contributed by atoms with E-state index < -0.39 is 0 Å². The Balaban J connectivity index is 2.20. The summed E-state index contributed by atoms with van der Waals surface area (Å²) in [5, 5.41) is 0. The molecule has 0 amide bonds. The van der Waals surface area contributed by atoms with Gasteiger partial charge in [0.15, 0.2) is 0 Å². The zero-order valence-electron chi connectivity index (χ0n) is 10.0. The molecule has 1 aliphatic carbocycles. The molecule has 4 heteroatoms. The molecule has 0 spiro atoms. The molecule has 1 aromatic carbocycles. The van der Waals surface area contributed by atoms with Crippen molar-refractivity contribution in [2.75, 3.05) is 0 Å². The van der Waals surface area contributed by atoms with E-state index in [-0.39, 0.29) is 5.41 Å². The molecule has 0 radical (unpaired) electrons. The second-order valence-corrected chi connectivity index (χ2v) is 6.19. The smallest absolute Gasteiger partial charge is 0.144 e. The van der Waals surface area contributed by atoms with Gasteiger partial charge in [0.2, 0.25) is 0 Å². The Morgan fingerprint density at radius 3 is 2.56 bits per heavy atom. The highest BCUT2D eigenvalue weighted by Gasteiger charge is 2.41. The van der Waals surface area contributed by atoms with Crippen LogP contribution in [0.3, 0.4) is 0 Å². The number of rotatable bonds is 2. The number of benzene rings is 1. The third kappa shape index (κ3) is 2.04. The standard InChI is InChI=1S/C14H13BrN2S/c1-14(7-8-14)13-16-11(10(15)12(18)17-13)9-5-3-2-4-6-9/h2-6H,7-8H2,1H3,(H,16,17,18). The van der Waals surface area contributed by atoms with Crippen molar-refractivity contribution in [1.82, 2.24) is 9.97 Å². The minimum Gasteiger partial charge on any atom is -0.342 e. The zero-order valence-corrected chi connectivity index (χ0v) is 12.4. The molecule has 1 heterocycles. The Morgan fingerprint density at radius 1 is 1.28 bits per heavy atom. The van der Waals surface area contributed by atoms with E-state index in [0.29, 0.717) is 4.64 Å². The first-order valence-corrected chi connectivity index (χ1v) is 7.16. The molecule has 3 rings (SSSR count). The minimum absolute atomic E-state index is 0.192. The highest BCUT2D eigenvalue weighted by Crippen LogP contribution is 2.46. The molecule has 0 atom stereocenters. The van der Waals surface area contributed by atoms with Crippen LogP contribution < -0.4 is 0 Å². The van der Waals surface area contributed by atoms with E-state index in [4.69, 9.17) is 12.2 Å². The van der Waals surface area contributed by atoms with Gasteiger partial charge in [0.25, 0.3) is 0 Å². The van der Waals surface area contributed by atoms with Crippen molar-refractivity contribution in [2.24, 2.45) is 0 Å². The Morgan fingerprint density at radius 2 is 1.94 bits per heavy atom. The van der Waals surface area contributed by atoms with Gasteiger partial charge < -0.3 is 4.98 Å². The van der Waals surface area contributed by atoms with Gasteiger partial charge in [-0.2, -0.15) is 0 Å². The number of hydrogen-bond acceptors (Lipinski definition) is 2. The van der Waals surface area contributed by atoms with Crippen LogP contribution >= 0.6 is 28.1 Å². The predicted molar refractivity (Wildman–Crippen MR) is 79.1 cm³/mol. The van der Waals surface area contributed by atoms with Crippen molar-refractivity contribution >= 4 is 28.1 Å². The first kappa shape index (κ1) is 12.1. The molecule has 0 saturated heterocycles. The van der Waals surface area contributed by atoms with E-state index in [1.54, 1.807) is 0 Å². The molecular formula is C14H13BrN2S. The van der Waals surface area contributed by atoms with Crippen LogP contribution in [0.2, 0.25) is 0 Å². The lowest BCUT2D eigenvalue weighted by atomic mass is 10.1. The first-order chi connectivity index (χ1) is 8.60. The van der Waals surface area contributed by atoms with Crippen molar-refractivity contribution in [2.45, 2.75) is 25.2 Å². The van der Waals surface area contributed by atoms with Crippen LogP contribution in [0, 0.1) is 4.64 Å². The van der Waals surface area contributed by atoms with E-state index in [0.717, 1.165) is 21.6 Å². The normalized spacial score (nSPS) is 16.6. The molecule has 2 aromatic rings. The summed E-state index contributed by atoms with van der Waals surface area (Å²) in [5.74, 6) is 1.01. The number of aromatic nitrogens is 2. The van der Waals surface area contributed by atoms with Crippen LogP contribution in [-0.4, -0.2) is 9.97 Å². The van der Waals surface area contributed by atoms with Crippen molar-refractivity contribution in [1.29, 1.82) is 0 Å². The largest absolute Gasteiger partial charge is 0.342 e. The molecule has 1 saturated carbocycles. The number of hydrogen-bond donors (Lipinski definition) is 1. The van der Waals surface area contributed by atoms with Crippen LogP contribution in [0.5, 0.6) is 0 Å². The number of halogens is 1. The van der Waals surface area contributed by atoms with Gasteiger partial charge in [0.05, 0.1) is 10.2 Å². The van der Waals surface area contributed by atoms with Crippen molar-refractivity contribution < 1.29 is 0 Å². The van der Waals surface area contributed by atoms with Crippen LogP contribution in [0.1, 0.15) is 25.6 Å². The van der Waals surface area contributed by atoms with Gasteiger partial charge in [-0.1, -0.05) is 49.5 Å². The van der Waals surface area contributed by atoms with E-state index in [2.05, 4.69) is 45.0 Å². The third-order valence-corrected chi connectivity index (χ3v) is 4.83. The highest BCUT2D eigenvalue weighted by atomic mass is 79.9. The van der Waals surface area contributed by atoms with Gasteiger partial charge in [-0.3, -0.25) is 0 Å². The van der Waals surface area contributed by atoms with Crippen molar-refractivity contribution in [3.05, 3.63) is 45.3 Å². The molecule has 1 aromatic heterocycles. The fraction of sp³-hybridized carbons (Fsp3) is 0.286. The number of nitrogens with zero attached hydrogens (tertiary/aromatic N) is 1.